The molecule has 9 nitrogen and oxygen atoms in total. The van der Waals surface area contributed by atoms with Gasteiger partial charge in [0.25, 0.3) is 0 Å². The van der Waals surface area contributed by atoms with E-state index in [1.165, 1.54) is 70.6 Å². The molecule has 3 atom stereocenters. The van der Waals surface area contributed by atoms with Crippen molar-refractivity contribution < 1.29 is 37.3 Å². The van der Waals surface area contributed by atoms with Crippen LogP contribution in [0.3, 0.4) is 0 Å². The molecule has 0 rings (SSSR count). The van der Waals surface area contributed by atoms with Crippen LogP contribution in [0.1, 0.15) is 213 Å². The second kappa shape index (κ2) is 46.9. The van der Waals surface area contributed by atoms with Gasteiger partial charge in [-0.05, 0) is 89.5 Å². The number of phosphoric acid groups is 1. The fourth-order valence-corrected chi connectivity index (χ4v) is 7.87. The number of likely N-dealkylation sites (N-methyl/N-ethyl adjacent to an activating group) is 1. The van der Waals surface area contributed by atoms with E-state index < -0.39 is 20.0 Å². The molecule has 1 amide bonds. The molecule has 67 heavy (non-hydrogen) atoms. The highest BCUT2D eigenvalue weighted by Crippen LogP contribution is 2.43. The van der Waals surface area contributed by atoms with Gasteiger partial charge < -0.3 is 19.4 Å². The largest absolute Gasteiger partial charge is 0.472 e. The van der Waals surface area contributed by atoms with E-state index >= 15 is 0 Å². The van der Waals surface area contributed by atoms with Crippen molar-refractivity contribution in [3.63, 3.8) is 0 Å². The van der Waals surface area contributed by atoms with Crippen LogP contribution in [0.2, 0.25) is 0 Å². The van der Waals surface area contributed by atoms with Crippen molar-refractivity contribution in [1.29, 1.82) is 0 Å². The Kier molecular flexibility index (Phi) is 44.9. The van der Waals surface area contributed by atoms with Crippen LogP contribution in [0, 0.1) is 0 Å². The summed E-state index contributed by atoms with van der Waals surface area (Å²) in [5.41, 5.74) is 0. The molecule has 0 fully saturated rings. The van der Waals surface area contributed by atoms with Crippen molar-refractivity contribution in [2.24, 2.45) is 0 Å². The van der Waals surface area contributed by atoms with Gasteiger partial charge in [0.1, 0.15) is 19.3 Å². The summed E-state index contributed by atoms with van der Waals surface area (Å²) in [5, 5.41) is 3.00. The number of carbonyl (C=O) groups is 2. The number of amides is 1. The highest BCUT2D eigenvalue weighted by molar-refractivity contribution is 7.47. The molecule has 386 valence electrons. The minimum Gasteiger partial charge on any atom is -0.456 e. The number of carbonyl (C=O) groups excluding carboxylic acids is 2. The molecule has 2 N–H and O–H groups in total. The highest BCUT2D eigenvalue weighted by Gasteiger charge is 2.30. The first-order chi connectivity index (χ1) is 32.4. The molecule has 0 bridgehead atoms. The lowest BCUT2D eigenvalue weighted by Gasteiger charge is -2.27. The topological polar surface area (TPSA) is 111 Å². The number of esters is 1. The molecule has 0 aromatic carbocycles. The minimum atomic E-state index is -4.46. The van der Waals surface area contributed by atoms with Crippen molar-refractivity contribution in [2.45, 2.75) is 226 Å². The Balaban J connectivity index is 5.52. The number of allylic oxidation sites excluding steroid dienone is 13. The summed E-state index contributed by atoms with van der Waals surface area (Å²) in [6.07, 6.45) is 60.2. The van der Waals surface area contributed by atoms with Crippen molar-refractivity contribution >= 4 is 19.7 Å². The van der Waals surface area contributed by atoms with Gasteiger partial charge in [-0.3, -0.25) is 18.6 Å². The van der Waals surface area contributed by atoms with Crippen LogP contribution in [0.15, 0.2) is 85.1 Å². The first-order valence-electron chi connectivity index (χ1n) is 26.9. The zero-order valence-electron chi connectivity index (χ0n) is 43.9. The number of nitrogens with zero attached hydrogens (tertiary/aromatic N) is 1. The second-order valence-corrected chi connectivity index (χ2v) is 20.5. The van der Waals surface area contributed by atoms with Gasteiger partial charge in [-0.15, -0.1) is 0 Å². The van der Waals surface area contributed by atoms with Crippen molar-refractivity contribution in [2.75, 3.05) is 40.9 Å². The maximum Gasteiger partial charge on any atom is 0.472 e. The van der Waals surface area contributed by atoms with E-state index in [9.17, 15) is 19.0 Å². The van der Waals surface area contributed by atoms with Crippen LogP contribution in [-0.4, -0.2) is 74.3 Å². The molecular weight excluding hydrogens is 856 g/mol. The maximum absolute atomic E-state index is 13.4. The molecule has 0 saturated carbocycles. The van der Waals surface area contributed by atoms with Gasteiger partial charge >= 0.3 is 13.8 Å². The number of ether oxygens (including phenoxy) is 1. The highest BCUT2D eigenvalue weighted by atomic mass is 31.2. The summed E-state index contributed by atoms with van der Waals surface area (Å²) < 4.78 is 30.5. The third-order valence-electron chi connectivity index (χ3n) is 11.3. The number of rotatable bonds is 47. The molecule has 0 aliphatic rings. The normalized spacial score (nSPS) is 14.6. The van der Waals surface area contributed by atoms with Crippen molar-refractivity contribution in [3.8, 4) is 0 Å². The Bertz CT molecular complexity index is 1430. The van der Waals surface area contributed by atoms with Gasteiger partial charge in [0.05, 0.1) is 33.8 Å². The lowest BCUT2D eigenvalue weighted by molar-refractivity contribution is -0.870. The van der Waals surface area contributed by atoms with Gasteiger partial charge in [-0.2, -0.15) is 0 Å². The first-order valence-corrected chi connectivity index (χ1v) is 28.4. The first kappa shape index (κ1) is 64.2. The molecule has 0 aliphatic heterocycles. The molecule has 3 unspecified atom stereocenters. The predicted octanol–water partition coefficient (Wildman–Crippen LogP) is 15.9. The monoisotopic (exact) mass is 958 g/mol. The molecular formula is C57H102N2O7P+. The van der Waals surface area contributed by atoms with Gasteiger partial charge in [0, 0.05) is 12.8 Å². The third kappa shape index (κ3) is 48.0. The Morgan fingerprint density at radius 3 is 1.52 bits per heavy atom. The number of nitrogens with one attached hydrogen (secondary N) is 1. The summed E-state index contributed by atoms with van der Waals surface area (Å²) in [7, 11) is 1.44. The van der Waals surface area contributed by atoms with E-state index in [-0.39, 0.29) is 37.9 Å². The molecule has 0 aromatic rings. The molecule has 0 heterocycles. The van der Waals surface area contributed by atoms with Crippen molar-refractivity contribution in [3.05, 3.63) is 85.1 Å². The van der Waals surface area contributed by atoms with E-state index in [0.29, 0.717) is 17.4 Å². The summed E-state index contributed by atoms with van der Waals surface area (Å²) in [4.78, 5) is 37.4. The van der Waals surface area contributed by atoms with Gasteiger partial charge in [-0.25, -0.2) is 4.57 Å². The summed E-state index contributed by atoms with van der Waals surface area (Å²) in [5.74, 6) is -0.591. The average Bonchev–Trinajstić information content (AvgIpc) is 3.28. The van der Waals surface area contributed by atoms with Crippen LogP contribution >= 0.6 is 7.82 Å². The Hall–Kier alpha value is -2.81. The Labute approximate surface area is 412 Å². The lowest BCUT2D eigenvalue weighted by Crippen LogP contribution is -2.47. The van der Waals surface area contributed by atoms with E-state index in [1.807, 2.05) is 33.3 Å². The zero-order chi connectivity index (χ0) is 49.4. The Morgan fingerprint density at radius 1 is 0.537 bits per heavy atom. The summed E-state index contributed by atoms with van der Waals surface area (Å²) >= 11 is 0. The molecule has 0 aromatic heterocycles. The third-order valence-corrected chi connectivity index (χ3v) is 12.3. The van der Waals surface area contributed by atoms with Gasteiger partial charge in [0.2, 0.25) is 5.91 Å². The minimum absolute atomic E-state index is 0.0248. The van der Waals surface area contributed by atoms with Crippen LogP contribution in [0.4, 0.5) is 0 Å². The molecule has 0 radical (unpaired) electrons. The van der Waals surface area contributed by atoms with E-state index in [4.69, 9.17) is 13.8 Å². The van der Waals surface area contributed by atoms with E-state index in [0.717, 1.165) is 103 Å². The molecule has 0 saturated heterocycles. The number of unbranched alkanes of at least 4 members (excludes halogenated alkanes) is 19. The van der Waals surface area contributed by atoms with E-state index in [1.54, 1.807) is 0 Å². The van der Waals surface area contributed by atoms with Crippen LogP contribution in [0.5, 0.6) is 0 Å². The predicted molar refractivity (Wildman–Crippen MR) is 286 cm³/mol. The summed E-state index contributed by atoms with van der Waals surface area (Å²) in [6, 6.07) is -0.883. The van der Waals surface area contributed by atoms with Gasteiger partial charge in [0.15, 0.2) is 0 Å². The lowest BCUT2D eigenvalue weighted by atomic mass is 10.0. The number of quaternary nitrogens is 1. The number of phosphoric ester groups is 1. The van der Waals surface area contributed by atoms with E-state index in [2.05, 4.69) is 99.0 Å². The second-order valence-electron chi connectivity index (χ2n) is 19.0. The van der Waals surface area contributed by atoms with Gasteiger partial charge in [-0.1, -0.05) is 196 Å². The zero-order valence-corrected chi connectivity index (χ0v) is 44.8. The van der Waals surface area contributed by atoms with Crippen LogP contribution in [-0.2, 0) is 27.9 Å². The average molecular weight is 958 g/mol. The number of hydrogen-bond donors (Lipinski definition) is 2. The fourth-order valence-electron chi connectivity index (χ4n) is 7.13. The molecule has 0 aliphatic carbocycles. The summed E-state index contributed by atoms with van der Waals surface area (Å²) in [6.45, 7) is 6.78. The SMILES string of the molecule is CC/C=C\C/C=C\C/C=C\C/C=C\C/C=C\CCCC(=O)NC(COP(=O)(O)OCC[N+](C)(C)C)C(/C=C/CCCCCCCCCCCCC)OC(=O)CCCCCCC/C=C\CCCC. The van der Waals surface area contributed by atoms with Crippen LogP contribution in [0.25, 0.3) is 0 Å². The standard InChI is InChI=1S/C57H101N2O7P/c1-7-10-13-16-19-22-25-27-28-29-30-32-35-37-40-43-46-49-56(60)58-54(53-65-67(62,63)64-52-51-59(4,5)6)55(48-45-42-39-36-34-31-26-23-20-17-14-11-8-2)66-57(61)50-47-44-41-38-33-24-21-18-15-12-9-3/h10,13,18-19,21-22,27-28,30,32,37,40,45,48,54-55H,7-9,11-12,14-17,20,23-26,29,31,33-36,38-39,41-44,46-47,49-53H2,1-6H3,(H-,58,60,62,63)/p+1/b13-10-,21-18-,22-19-,28-27-,32-30-,40-37-,48-45+. The molecule has 10 heteroatoms. The number of hydrogen-bond acceptors (Lipinski definition) is 6. The fraction of sp³-hybridized carbons (Fsp3) is 0.719. The van der Waals surface area contributed by atoms with Crippen LogP contribution < -0.4 is 5.32 Å². The smallest absolute Gasteiger partial charge is 0.456 e. The maximum atomic E-state index is 13.4. The molecule has 0 spiro atoms. The quantitative estimate of drug-likeness (QED) is 0.0205. The van der Waals surface area contributed by atoms with Crippen molar-refractivity contribution in [1.82, 2.24) is 5.32 Å². The Morgan fingerprint density at radius 2 is 0.985 bits per heavy atom.